The van der Waals surface area contributed by atoms with Crippen molar-refractivity contribution in [3.8, 4) is 5.75 Å². The molecule has 0 aliphatic rings. The molecule has 0 unspecified atom stereocenters. The van der Waals surface area contributed by atoms with E-state index in [1.54, 1.807) is 0 Å². The lowest BCUT2D eigenvalue weighted by molar-refractivity contribution is -0.135. The Morgan fingerprint density at radius 3 is 2.47 bits per heavy atom. The smallest absolute Gasteiger partial charge is 0.371 e. The van der Waals surface area contributed by atoms with Gasteiger partial charge in [0, 0.05) is 11.6 Å². The number of carbonyl (C=O) groups is 2. The second kappa shape index (κ2) is 5.36. The highest BCUT2D eigenvalue weighted by Gasteiger charge is 2.11. The molecule has 0 aromatic heterocycles. The Morgan fingerprint density at radius 2 is 2.00 bits per heavy atom. The minimum atomic E-state index is -1.57. The number of rotatable bonds is 4. The molecule has 90 valence electrons. The maximum Gasteiger partial charge on any atom is 0.371 e. The third-order valence-corrected chi connectivity index (χ3v) is 2.22. The number of methoxy groups -OCH3 is 1. The van der Waals surface area contributed by atoms with Crippen LogP contribution in [0.15, 0.2) is 30.0 Å². The maximum absolute atomic E-state index is 11.5. The van der Waals surface area contributed by atoms with Crippen molar-refractivity contribution < 1.29 is 24.5 Å². The lowest BCUT2D eigenvalue weighted by Gasteiger charge is -2.03. The number of aliphatic hydroxyl groups excluding tert-OH is 1. The van der Waals surface area contributed by atoms with Crippen molar-refractivity contribution in [3.05, 3.63) is 40.6 Å². The van der Waals surface area contributed by atoms with Gasteiger partial charge >= 0.3 is 5.97 Å². The quantitative estimate of drug-likeness (QED) is 0.489. The fourth-order valence-corrected chi connectivity index (χ4v) is 1.35. The van der Waals surface area contributed by atoms with Crippen LogP contribution in [-0.2, 0) is 4.79 Å². The summed E-state index contributed by atoms with van der Waals surface area (Å²) >= 11 is 5.80. The van der Waals surface area contributed by atoms with E-state index >= 15 is 0 Å². The Bertz CT molecular complexity index is 493. The number of ketones is 1. The molecule has 5 nitrogen and oxygen atoms in total. The number of carbonyl (C=O) groups excluding carboxylic acids is 1. The lowest BCUT2D eigenvalue weighted by Crippen LogP contribution is -2.04. The van der Waals surface area contributed by atoms with Crippen LogP contribution in [0.5, 0.6) is 5.75 Å². The summed E-state index contributed by atoms with van der Waals surface area (Å²) in [4.78, 5) is 21.8. The number of carboxylic acid groups (broad SMARTS) is 1. The molecule has 0 aliphatic heterocycles. The molecule has 1 aromatic carbocycles. The summed E-state index contributed by atoms with van der Waals surface area (Å²) in [5.74, 6) is -2.86. The second-order valence-electron chi connectivity index (χ2n) is 3.05. The Labute approximate surface area is 102 Å². The number of benzene rings is 1. The fraction of sp³-hybridized carbons (Fsp3) is 0.0909. The van der Waals surface area contributed by atoms with Gasteiger partial charge in [0.25, 0.3) is 0 Å². The molecule has 0 amide bonds. The van der Waals surface area contributed by atoms with Crippen LogP contribution in [0.25, 0.3) is 0 Å². The van der Waals surface area contributed by atoms with Crippen molar-refractivity contribution >= 4 is 23.4 Å². The van der Waals surface area contributed by atoms with Crippen LogP contribution in [0.2, 0.25) is 5.02 Å². The highest BCUT2D eigenvalue weighted by atomic mass is 35.5. The van der Waals surface area contributed by atoms with Crippen LogP contribution < -0.4 is 4.74 Å². The highest BCUT2D eigenvalue weighted by molar-refractivity contribution is 6.32. The van der Waals surface area contributed by atoms with Gasteiger partial charge in [-0.05, 0) is 18.2 Å². The van der Waals surface area contributed by atoms with Gasteiger partial charge in [0.05, 0.1) is 12.1 Å². The van der Waals surface area contributed by atoms with Gasteiger partial charge in [0.15, 0.2) is 5.78 Å². The van der Waals surface area contributed by atoms with Gasteiger partial charge in [-0.3, -0.25) is 4.79 Å². The van der Waals surface area contributed by atoms with Crippen molar-refractivity contribution in [2.75, 3.05) is 7.11 Å². The monoisotopic (exact) mass is 256 g/mol. The molecule has 0 spiro atoms. The number of hydrogen-bond acceptors (Lipinski definition) is 4. The Morgan fingerprint density at radius 1 is 1.35 bits per heavy atom. The zero-order valence-corrected chi connectivity index (χ0v) is 9.56. The van der Waals surface area contributed by atoms with E-state index in [4.69, 9.17) is 26.6 Å². The summed E-state index contributed by atoms with van der Waals surface area (Å²) in [6.07, 6.45) is 0.612. The molecule has 0 aliphatic carbocycles. The van der Waals surface area contributed by atoms with Gasteiger partial charge in [-0.1, -0.05) is 11.6 Å². The number of aliphatic hydroxyl groups is 1. The van der Waals surface area contributed by atoms with Crippen LogP contribution in [0.1, 0.15) is 10.4 Å². The van der Waals surface area contributed by atoms with Crippen LogP contribution in [0.4, 0.5) is 0 Å². The number of carboxylic acids is 1. The van der Waals surface area contributed by atoms with E-state index in [1.807, 2.05) is 0 Å². The van der Waals surface area contributed by atoms with Gasteiger partial charge in [0.2, 0.25) is 5.76 Å². The standard InChI is InChI=1S/C11H9ClO5/c1-17-10-3-2-6(4-7(10)12)8(13)5-9(14)11(15)16/h2-5,14H,1H3,(H,15,16). The molecule has 17 heavy (non-hydrogen) atoms. The first-order valence-corrected chi connectivity index (χ1v) is 4.85. The summed E-state index contributed by atoms with van der Waals surface area (Å²) in [5.41, 5.74) is 0.156. The fourth-order valence-electron chi connectivity index (χ4n) is 1.09. The molecule has 0 heterocycles. The van der Waals surface area contributed by atoms with E-state index in [9.17, 15) is 9.59 Å². The minimum Gasteiger partial charge on any atom is -0.502 e. The van der Waals surface area contributed by atoms with Crippen LogP contribution in [0, 0.1) is 0 Å². The lowest BCUT2D eigenvalue weighted by atomic mass is 10.1. The Hall–Kier alpha value is -2.01. The number of allylic oxidation sites excluding steroid dienone is 1. The minimum absolute atomic E-state index is 0.156. The van der Waals surface area contributed by atoms with Gasteiger partial charge in [-0.2, -0.15) is 0 Å². The number of halogens is 1. The number of aliphatic carboxylic acids is 1. The van der Waals surface area contributed by atoms with E-state index in [2.05, 4.69) is 0 Å². The maximum atomic E-state index is 11.5. The average molecular weight is 257 g/mol. The van der Waals surface area contributed by atoms with Crippen molar-refractivity contribution in [1.29, 1.82) is 0 Å². The third kappa shape index (κ3) is 3.22. The summed E-state index contributed by atoms with van der Waals surface area (Å²) in [6.45, 7) is 0. The molecule has 0 saturated carbocycles. The highest BCUT2D eigenvalue weighted by Crippen LogP contribution is 2.25. The van der Waals surface area contributed by atoms with Crippen LogP contribution in [-0.4, -0.2) is 29.1 Å². The largest absolute Gasteiger partial charge is 0.502 e. The molecular weight excluding hydrogens is 248 g/mol. The molecule has 1 aromatic rings. The van der Waals surface area contributed by atoms with E-state index in [-0.39, 0.29) is 10.6 Å². The number of hydrogen-bond donors (Lipinski definition) is 2. The van der Waals surface area contributed by atoms with Gasteiger partial charge in [-0.25, -0.2) is 4.79 Å². The molecule has 0 fully saturated rings. The van der Waals surface area contributed by atoms with Gasteiger partial charge in [0.1, 0.15) is 5.75 Å². The van der Waals surface area contributed by atoms with Crippen LogP contribution >= 0.6 is 11.6 Å². The van der Waals surface area contributed by atoms with E-state index in [0.717, 1.165) is 0 Å². The SMILES string of the molecule is COc1ccc(C(=O)C=C(O)C(=O)O)cc1Cl. The first-order valence-electron chi connectivity index (χ1n) is 4.47. The first kappa shape index (κ1) is 13.1. The molecule has 1 rings (SSSR count). The van der Waals surface area contributed by atoms with Crippen molar-refractivity contribution in [1.82, 2.24) is 0 Å². The molecule has 0 atom stereocenters. The number of ether oxygens (including phenoxy) is 1. The van der Waals surface area contributed by atoms with Gasteiger partial charge in [-0.15, -0.1) is 0 Å². The Kier molecular flexibility index (Phi) is 4.12. The van der Waals surface area contributed by atoms with E-state index in [1.165, 1.54) is 25.3 Å². The second-order valence-corrected chi connectivity index (χ2v) is 3.46. The molecule has 6 heteroatoms. The predicted molar refractivity (Wildman–Crippen MR) is 60.7 cm³/mol. The average Bonchev–Trinajstić information content (AvgIpc) is 2.28. The van der Waals surface area contributed by atoms with Crippen LogP contribution in [0.3, 0.4) is 0 Å². The zero-order chi connectivity index (χ0) is 13.0. The van der Waals surface area contributed by atoms with Crippen molar-refractivity contribution in [2.24, 2.45) is 0 Å². The first-order chi connectivity index (χ1) is 7.95. The molecule has 0 radical (unpaired) electrons. The third-order valence-electron chi connectivity index (χ3n) is 1.92. The van der Waals surface area contributed by atoms with E-state index in [0.29, 0.717) is 11.8 Å². The van der Waals surface area contributed by atoms with Crippen molar-refractivity contribution in [2.45, 2.75) is 0 Å². The zero-order valence-electron chi connectivity index (χ0n) is 8.81. The molecule has 2 N–H and O–H groups in total. The molecule has 0 bridgehead atoms. The molecular formula is C11H9ClO5. The molecule has 0 saturated heterocycles. The summed E-state index contributed by atoms with van der Waals surface area (Å²) in [5, 5.41) is 17.5. The normalized spacial score (nSPS) is 11.1. The van der Waals surface area contributed by atoms with E-state index < -0.39 is 17.5 Å². The van der Waals surface area contributed by atoms with Gasteiger partial charge < -0.3 is 14.9 Å². The summed E-state index contributed by atoms with van der Waals surface area (Å²) in [6, 6.07) is 4.22. The summed E-state index contributed by atoms with van der Waals surface area (Å²) in [7, 11) is 1.43. The Balaban J connectivity index is 3.02. The summed E-state index contributed by atoms with van der Waals surface area (Å²) < 4.78 is 4.90. The predicted octanol–water partition coefficient (Wildman–Crippen LogP) is 2.06. The topological polar surface area (TPSA) is 83.8 Å². The van der Waals surface area contributed by atoms with Crippen molar-refractivity contribution in [3.63, 3.8) is 0 Å².